The number of nitrogens with zero attached hydrogens (tertiary/aromatic N) is 1. The number of aromatic nitrogens is 2. The average Bonchev–Trinajstić information content (AvgIpc) is 2.99. The topological polar surface area (TPSA) is 106 Å². The van der Waals surface area contributed by atoms with E-state index in [9.17, 15) is 22.8 Å². The van der Waals surface area contributed by atoms with Crippen molar-refractivity contribution in [1.82, 2.24) is 14.9 Å². The largest absolute Gasteiger partial charge is 0.490 e. The fourth-order valence-corrected chi connectivity index (χ4v) is 3.38. The molecule has 1 aromatic carbocycles. The van der Waals surface area contributed by atoms with Gasteiger partial charge in [-0.3, -0.25) is 14.7 Å². The molecule has 0 amide bonds. The average molecular weight is 441 g/mol. The number of aliphatic carboxylic acids is 1. The van der Waals surface area contributed by atoms with E-state index in [0.717, 1.165) is 12.2 Å². The zero-order chi connectivity index (χ0) is 23.7. The highest BCUT2D eigenvalue weighted by molar-refractivity contribution is 5.73. The number of alkyl halides is 3. The van der Waals surface area contributed by atoms with Crippen molar-refractivity contribution in [2.24, 2.45) is 0 Å². The lowest BCUT2D eigenvalue weighted by Crippen LogP contribution is -2.25. The van der Waals surface area contributed by atoms with Gasteiger partial charge in [0.2, 0.25) is 0 Å². The van der Waals surface area contributed by atoms with Gasteiger partial charge in [0.1, 0.15) is 0 Å². The number of aromatic amines is 2. The molecule has 0 atom stereocenters. The van der Waals surface area contributed by atoms with Gasteiger partial charge in [-0.05, 0) is 41.5 Å². The van der Waals surface area contributed by atoms with Crippen molar-refractivity contribution < 1.29 is 23.1 Å². The van der Waals surface area contributed by atoms with Crippen LogP contribution in [0, 0.1) is 13.8 Å². The molecule has 31 heavy (non-hydrogen) atoms. The van der Waals surface area contributed by atoms with Crippen molar-refractivity contribution in [3.63, 3.8) is 0 Å². The molecular weight excluding hydrogens is 415 g/mol. The van der Waals surface area contributed by atoms with Crippen molar-refractivity contribution in [3.8, 4) is 0 Å². The Hall–Kier alpha value is -2.88. The maximum Gasteiger partial charge on any atom is 0.490 e. The number of fused-ring (bicyclic) bond motifs is 1. The first kappa shape index (κ1) is 24.4. The molecule has 2 aromatic rings. The lowest BCUT2D eigenvalue weighted by Gasteiger charge is -2.24. The quantitative estimate of drug-likeness (QED) is 0.664. The SMILES string of the molecule is Cc1cc(C(C)(C)C)cc(C)c1CN1Cc2[nH]c(=O)[nH]c(=O)c2C1.O=C(O)C(F)(F)F. The van der Waals surface area contributed by atoms with Gasteiger partial charge in [0.15, 0.2) is 0 Å². The molecule has 0 radical (unpaired) electrons. The number of carboxylic acids is 1. The zero-order valence-electron chi connectivity index (χ0n) is 18.0. The number of halogens is 3. The Morgan fingerprint density at radius 3 is 2.03 bits per heavy atom. The molecular formula is C21H26F3N3O4. The Morgan fingerprint density at radius 1 is 1.06 bits per heavy atom. The Kier molecular flexibility index (Phi) is 6.84. The second-order valence-corrected chi connectivity index (χ2v) is 8.65. The summed E-state index contributed by atoms with van der Waals surface area (Å²) in [5.74, 6) is -2.76. The van der Waals surface area contributed by atoms with E-state index in [1.807, 2.05) is 0 Å². The number of aryl methyl sites for hydroxylation is 2. The van der Waals surface area contributed by atoms with Crippen molar-refractivity contribution in [1.29, 1.82) is 0 Å². The van der Waals surface area contributed by atoms with E-state index < -0.39 is 17.8 Å². The van der Waals surface area contributed by atoms with E-state index in [-0.39, 0.29) is 11.0 Å². The van der Waals surface area contributed by atoms with Crippen LogP contribution in [0.3, 0.4) is 0 Å². The highest BCUT2D eigenvalue weighted by Gasteiger charge is 2.38. The maximum atomic E-state index is 11.9. The number of hydrogen-bond acceptors (Lipinski definition) is 4. The van der Waals surface area contributed by atoms with Crippen LogP contribution in [0.25, 0.3) is 0 Å². The summed E-state index contributed by atoms with van der Waals surface area (Å²) >= 11 is 0. The van der Waals surface area contributed by atoms with Gasteiger partial charge in [0.05, 0.1) is 5.56 Å². The maximum absolute atomic E-state index is 11.9. The van der Waals surface area contributed by atoms with E-state index in [1.54, 1.807) is 0 Å². The Balaban J connectivity index is 0.000000423. The van der Waals surface area contributed by atoms with Gasteiger partial charge < -0.3 is 10.1 Å². The van der Waals surface area contributed by atoms with Crippen LogP contribution in [0.1, 0.15) is 54.3 Å². The number of carboxylic acid groups (broad SMARTS) is 1. The molecule has 0 saturated carbocycles. The first-order chi connectivity index (χ1) is 14.1. The standard InChI is InChI=1S/C19H25N3O2.C2HF3O2/c1-11-6-13(19(3,4)5)7-12(2)14(11)8-22-9-15-16(10-22)20-18(24)21-17(15)23;3-2(4,5)1(6)7/h6-7H,8-10H2,1-5H3,(H2,20,21,23,24);(H,6,7). The molecule has 1 aromatic heterocycles. The monoisotopic (exact) mass is 441 g/mol. The molecule has 7 nitrogen and oxygen atoms in total. The summed E-state index contributed by atoms with van der Waals surface area (Å²) in [6.07, 6.45) is -5.08. The lowest BCUT2D eigenvalue weighted by atomic mass is 9.84. The number of benzene rings is 1. The Bertz CT molecular complexity index is 1070. The molecule has 0 aliphatic carbocycles. The molecule has 0 unspecified atom stereocenters. The van der Waals surface area contributed by atoms with Crippen molar-refractivity contribution in [2.75, 3.05) is 0 Å². The fraction of sp³-hybridized carbons (Fsp3) is 0.476. The minimum Gasteiger partial charge on any atom is -0.475 e. The summed E-state index contributed by atoms with van der Waals surface area (Å²) in [4.78, 5) is 39.5. The summed E-state index contributed by atoms with van der Waals surface area (Å²) in [5, 5.41) is 7.12. The van der Waals surface area contributed by atoms with Crippen molar-refractivity contribution in [2.45, 2.75) is 65.8 Å². The molecule has 0 spiro atoms. The summed E-state index contributed by atoms with van der Waals surface area (Å²) in [5.41, 5.74) is 6.04. The predicted octanol–water partition coefficient (Wildman–Crippen LogP) is 3.13. The molecule has 0 bridgehead atoms. The minimum absolute atomic E-state index is 0.130. The second kappa shape index (κ2) is 8.70. The number of carbonyl (C=O) groups is 1. The molecule has 1 aliphatic heterocycles. The summed E-state index contributed by atoms with van der Waals surface area (Å²) < 4.78 is 31.7. The van der Waals surface area contributed by atoms with Crippen LogP contribution >= 0.6 is 0 Å². The Morgan fingerprint density at radius 2 is 1.58 bits per heavy atom. The molecule has 2 heterocycles. The normalized spacial score (nSPS) is 14.1. The number of rotatable bonds is 2. The van der Waals surface area contributed by atoms with E-state index in [4.69, 9.17) is 9.90 Å². The van der Waals surface area contributed by atoms with Gasteiger partial charge in [-0.2, -0.15) is 13.2 Å². The third-order valence-corrected chi connectivity index (χ3v) is 5.08. The van der Waals surface area contributed by atoms with Crippen LogP contribution in [-0.2, 0) is 29.8 Å². The van der Waals surface area contributed by atoms with Gasteiger partial charge in [-0.25, -0.2) is 9.59 Å². The van der Waals surface area contributed by atoms with Crippen LogP contribution in [0.2, 0.25) is 0 Å². The molecule has 170 valence electrons. The first-order valence-corrected chi connectivity index (χ1v) is 9.57. The van der Waals surface area contributed by atoms with Gasteiger partial charge in [-0.1, -0.05) is 32.9 Å². The minimum atomic E-state index is -5.08. The lowest BCUT2D eigenvalue weighted by molar-refractivity contribution is -0.192. The van der Waals surface area contributed by atoms with Crippen LogP contribution in [-0.4, -0.2) is 32.1 Å². The van der Waals surface area contributed by atoms with Gasteiger partial charge in [-0.15, -0.1) is 0 Å². The smallest absolute Gasteiger partial charge is 0.475 e. The van der Waals surface area contributed by atoms with Crippen LogP contribution in [0.5, 0.6) is 0 Å². The highest BCUT2D eigenvalue weighted by atomic mass is 19.4. The van der Waals surface area contributed by atoms with Crippen molar-refractivity contribution in [3.05, 3.63) is 66.5 Å². The number of nitrogens with one attached hydrogen (secondary N) is 2. The highest BCUT2D eigenvalue weighted by Crippen LogP contribution is 2.29. The summed E-state index contributed by atoms with van der Waals surface area (Å²) in [6, 6.07) is 4.53. The molecule has 10 heteroatoms. The zero-order valence-corrected chi connectivity index (χ0v) is 18.0. The third kappa shape index (κ3) is 6.06. The van der Waals surface area contributed by atoms with Gasteiger partial charge >= 0.3 is 17.8 Å². The predicted molar refractivity (Wildman–Crippen MR) is 109 cm³/mol. The van der Waals surface area contributed by atoms with Crippen LogP contribution in [0.15, 0.2) is 21.7 Å². The van der Waals surface area contributed by atoms with E-state index in [2.05, 4.69) is 61.6 Å². The van der Waals surface area contributed by atoms with E-state index in [1.165, 1.54) is 22.3 Å². The fourth-order valence-electron chi connectivity index (χ4n) is 3.38. The molecule has 1 aliphatic rings. The third-order valence-electron chi connectivity index (χ3n) is 5.08. The molecule has 0 saturated heterocycles. The van der Waals surface area contributed by atoms with Crippen LogP contribution in [0.4, 0.5) is 13.2 Å². The van der Waals surface area contributed by atoms with Crippen LogP contribution < -0.4 is 11.2 Å². The van der Waals surface area contributed by atoms with Gasteiger partial charge in [0.25, 0.3) is 5.56 Å². The molecule has 0 fully saturated rings. The molecule has 3 rings (SSSR count). The number of H-pyrrole nitrogens is 2. The van der Waals surface area contributed by atoms with Crippen molar-refractivity contribution >= 4 is 5.97 Å². The Labute approximate surface area is 176 Å². The number of hydrogen-bond donors (Lipinski definition) is 3. The van der Waals surface area contributed by atoms with E-state index in [0.29, 0.717) is 18.7 Å². The van der Waals surface area contributed by atoms with Gasteiger partial charge in [0, 0.05) is 25.3 Å². The summed E-state index contributed by atoms with van der Waals surface area (Å²) in [7, 11) is 0. The summed E-state index contributed by atoms with van der Waals surface area (Å²) in [6.45, 7) is 12.9. The second-order valence-electron chi connectivity index (χ2n) is 8.65. The van der Waals surface area contributed by atoms with E-state index >= 15 is 0 Å². The first-order valence-electron chi connectivity index (χ1n) is 9.57. The molecule has 3 N–H and O–H groups in total.